The monoisotopic (exact) mass is 348 g/mol. The van der Waals surface area contributed by atoms with E-state index < -0.39 is 17.4 Å². The van der Waals surface area contributed by atoms with Gasteiger partial charge in [0.2, 0.25) is 0 Å². The second-order valence-corrected chi connectivity index (χ2v) is 6.82. The first kappa shape index (κ1) is 18.9. The van der Waals surface area contributed by atoms with Gasteiger partial charge in [0.15, 0.2) is 5.82 Å². The Kier molecular flexibility index (Phi) is 5.47. The van der Waals surface area contributed by atoms with Crippen LogP contribution in [0.3, 0.4) is 0 Å². The first-order valence-corrected chi connectivity index (χ1v) is 8.20. The van der Waals surface area contributed by atoms with Crippen LogP contribution in [0.1, 0.15) is 32.2 Å². The van der Waals surface area contributed by atoms with Gasteiger partial charge in [0.1, 0.15) is 5.69 Å². The standard InChI is InChI=1S/C18H25FN4O2/c1-11(2)18(5,25)10-20-17(24)21-14-6-7-16(15(19)9-14)23-13(4)8-12(3)22-23/h6-9,11,25H,10H2,1-5H3,(H2,20,21,24). The van der Waals surface area contributed by atoms with E-state index in [0.29, 0.717) is 11.4 Å². The molecule has 0 fully saturated rings. The lowest BCUT2D eigenvalue weighted by atomic mass is 9.93. The van der Waals surface area contributed by atoms with Crippen molar-refractivity contribution in [3.63, 3.8) is 0 Å². The van der Waals surface area contributed by atoms with E-state index in [1.807, 2.05) is 33.8 Å². The number of carbonyl (C=O) groups is 1. The van der Waals surface area contributed by atoms with Gasteiger partial charge in [0, 0.05) is 17.9 Å². The summed E-state index contributed by atoms with van der Waals surface area (Å²) in [5.74, 6) is -0.497. The summed E-state index contributed by atoms with van der Waals surface area (Å²) in [6.45, 7) is 9.18. The zero-order chi connectivity index (χ0) is 18.8. The highest BCUT2D eigenvalue weighted by Crippen LogP contribution is 2.20. The molecule has 1 aromatic carbocycles. The number of hydrogen-bond donors (Lipinski definition) is 3. The zero-order valence-corrected chi connectivity index (χ0v) is 15.2. The highest BCUT2D eigenvalue weighted by atomic mass is 19.1. The molecule has 2 rings (SSSR count). The van der Waals surface area contributed by atoms with Crippen LogP contribution in [0.4, 0.5) is 14.9 Å². The SMILES string of the molecule is Cc1cc(C)n(-c2ccc(NC(=O)NCC(C)(O)C(C)C)cc2F)n1. The predicted molar refractivity (Wildman–Crippen MR) is 95.5 cm³/mol. The third-order valence-corrected chi connectivity index (χ3v) is 4.29. The van der Waals surface area contributed by atoms with Crippen molar-refractivity contribution in [2.45, 2.75) is 40.2 Å². The van der Waals surface area contributed by atoms with E-state index in [4.69, 9.17) is 0 Å². The molecule has 6 nitrogen and oxygen atoms in total. The summed E-state index contributed by atoms with van der Waals surface area (Å²) in [7, 11) is 0. The Morgan fingerprint density at radius 2 is 2.04 bits per heavy atom. The maximum atomic E-state index is 14.4. The molecule has 3 N–H and O–H groups in total. The summed E-state index contributed by atoms with van der Waals surface area (Å²) >= 11 is 0. The van der Waals surface area contributed by atoms with Crippen molar-refractivity contribution in [3.8, 4) is 5.69 Å². The number of urea groups is 1. The number of aliphatic hydroxyl groups is 1. The minimum atomic E-state index is -1.01. The number of nitrogens with zero attached hydrogens (tertiary/aromatic N) is 2. The molecule has 2 amide bonds. The zero-order valence-electron chi connectivity index (χ0n) is 15.2. The summed E-state index contributed by atoms with van der Waals surface area (Å²) in [6, 6.07) is 5.77. The van der Waals surface area contributed by atoms with Crippen LogP contribution >= 0.6 is 0 Å². The van der Waals surface area contributed by atoms with Gasteiger partial charge in [-0.25, -0.2) is 13.9 Å². The second-order valence-electron chi connectivity index (χ2n) is 6.82. The van der Waals surface area contributed by atoms with Gasteiger partial charge in [-0.3, -0.25) is 0 Å². The molecule has 1 heterocycles. The Balaban J connectivity index is 2.06. The number of aryl methyl sites for hydroxylation is 2. The van der Waals surface area contributed by atoms with E-state index in [9.17, 15) is 14.3 Å². The third-order valence-electron chi connectivity index (χ3n) is 4.29. The second kappa shape index (κ2) is 7.23. The Morgan fingerprint density at radius 3 is 2.56 bits per heavy atom. The van der Waals surface area contributed by atoms with Crippen LogP contribution in [0, 0.1) is 25.6 Å². The maximum absolute atomic E-state index is 14.4. The number of aromatic nitrogens is 2. The molecule has 1 unspecified atom stereocenters. The van der Waals surface area contributed by atoms with Crippen molar-refractivity contribution in [1.82, 2.24) is 15.1 Å². The van der Waals surface area contributed by atoms with Crippen LogP contribution in [-0.2, 0) is 0 Å². The molecule has 0 aliphatic heterocycles. The van der Waals surface area contributed by atoms with E-state index in [2.05, 4.69) is 15.7 Å². The molecule has 0 aliphatic rings. The summed E-state index contributed by atoms with van der Waals surface area (Å²) < 4.78 is 15.9. The van der Waals surface area contributed by atoms with Gasteiger partial charge in [-0.05, 0) is 51.0 Å². The topological polar surface area (TPSA) is 79.2 Å². The third kappa shape index (κ3) is 4.57. The number of amides is 2. The molecule has 0 bridgehead atoms. The van der Waals surface area contributed by atoms with Gasteiger partial charge in [0.25, 0.3) is 0 Å². The fourth-order valence-corrected chi connectivity index (χ4v) is 2.27. The van der Waals surface area contributed by atoms with Crippen molar-refractivity contribution < 1.29 is 14.3 Å². The summed E-state index contributed by atoms with van der Waals surface area (Å²) in [5.41, 5.74) is 1.26. The van der Waals surface area contributed by atoms with Crippen LogP contribution in [-0.4, -0.2) is 33.1 Å². The lowest BCUT2D eigenvalue weighted by molar-refractivity contribution is 0.0170. The molecule has 7 heteroatoms. The smallest absolute Gasteiger partial charge is 0.319 e. The van der Waals surface area contributed by atoms with Crippen LogP contribution in [0.15, 0.2) is 24.3 Å². The highest BCUT2D eigenvalue weighted by Gasteiger charge is 2.25. The lowest BCUT2D eigenvalue weighted by Gasteiger charge is -2.27. The van der Waals surface area contributed by atoms with Crippen molar-refractivity contribution in [3.05, 3.63) is 41.5 Å². The van der Waals surface area contributed by atoms with Gasteiger partial charge >= 0.3 is 6.03 Å². The molecular formula is C18H25FN4O2. The van der Waals surface area contributed by atoms with E-state index in [1.165, 1.54) is 10.7 Å². The Labute approximate surface area is 147 Å². The quantitative estimate of drug-likeness (QED) is 0.776. The minimum Gasteiger partial charge on any atom is -0.388 e. The predicted octanol–water partition coefficient (Wildman–Crippen LogP) is 3.16. The van der Waals surface area contributed by atoms with Crippen LogP contribution in [0.5, 0.6) is 0 Å². The summed E-state index contributed by atoms with van der Waals surface area (Å²) in [6.07, 6.45) is 0. The number of hydrogen-bond acceptors (Lipinski definition) is 3. The fourth-order valence-electron chi connectivity index (χ4n) is 2.27. The summed E-state index contributed by atoms with van der Waals surface area (Å²) in [5, 5.41) is 19.5. The molecular weight excluding hydrogens is 323 g/mol. The number of rotatable bonds is 5. The van der Waals surface area contributed by atoms with E-state index in [0.717, 1.165) is 11.4 Å². The van der Waals surface area contributed by atoms with Crippen molar-refractivity contribution in [2.75, 3.05) is 11.9 Å². The maximum Gasteiger partial charge on any atom is 0.319 e. The first-order valence-electron chi connectivity index (χ1n) is 8.20. The van der Waals surface area contributed by atoms with Crippen molar-refractivity contribution in [2.24, 2.45) is 5.92 Å². The van der Waals surface area contributed by atoms with Gasteiger partial charge in [-0.1, -0.05) is 13.8 Å². The number of carbonyl (C=O) groups excluding carboxylic acids is 1. The number of halogens is 1. The molecule has 25 heavy (non-hydrogen) atoms. The largest absolute Gasteiger partial charge is 0.388 e. The molecule has 0 aliphatic carbocycles. The molecule has 1 aromatic heterocycles. The van der Waals surface area contributed by atoms with E-state index in [1.54, 1.807) is 19.1 Å². The number of benzene rings is 1. The van der Waals surface area contributed by atoms with Crippen molar-refractivity contribution >= 4 is 11.7 Å². The molecule has 1 atom stereocenters. The van der Waals surface area contributed by atoms with Gasteiger partial charge in [-0.2, -0.15) is 5.10 Å². The Morgan fingerprint density at radius 1 is 1.36 bits per heavy atom. The molecule has 136 valence electrons. The van der Waals surface area contributed by atoms with E-state index in [-0.39, 0.29) is 12.5 Å². The van der Waals surface area contributed by atoms with Gasteiger partial charge in [0.05, 0.1) is 11.3 Å². The van der Waals surface area contributed by atoms with Crippen LogP contribution in [0.2, 0.25) is 0 Å². The molecule has 0 saturated carbocycles. The van der Waals surface area contributed by atoms with Crippen LogP contribution in [0.25, 0.3) is 5.69 Å². The molecule has 0 saturated heterocycles. The Bertz CT molecular complexity index is 768. The molecule has 0 radical (unpaired) electrons. The average molecular weight is 348 g/mol. The van der Waals surface area contributed by atoms with Crippen LogP contribution < -0.4 is 10.6 Å². The summed E-state index contributed by atoms with van der Waals surface area (Å²) in [4.78, 5) is 11.9. The van der Waals surface area contributed by atoms with Gasteiger partial charge < -0.3 is 15.7 Å². The van der Waals surface area contributed by atoms with E-state index >= 15 is 0 Å². The first-order chi connectivity index (χ1) is 11.6. The lowest BCUT2D eigenvalue weighted by Crippen LogP contribution is -2.45. The minimum absolute atomic E-state index is 0.00899. The normalized spacial score (nSPS) is 13.6. The average Bonchev–Trinajstić information content (AvgIpc) is 2.84. The van der Waals surface area contributed by atoms with Crippen molar-refractivity contribution in [1.29, 1.82) is 0 Å². The highest BCUT2D eigenvalue weighted by molar-refractivity contribution is 5.89. The molecule has 2 aromatic rings. The number of anilines is 1. The molecule has 0 spiro atoms. The fraction of sp³-hybridized carbons (Fsp3) is 0.444. The number of nitrogens with one attached hydrogen (secondary N) is 2. The Hall–Kier alpha value is -2.41. The van der Waals surface area contributed by atoms with Gasteiger partial charge in [-0.15, -0.1) is 0 Å².